The topological polar surface area (TPSA) is 32.7 Å². The fourth-order valence-electron chi connectivity index (χ4n) is 3.49. The molecule has 0 aliphatic carbocycles. The molecule has 0 aromatic heterocycles. The lowest BCUT2D eigenvalue weighted by Gasteiger charge is -2.23. The van der Waals surface area contributed by atoms with Crippen molar-refractivity contribution < 1.29 is 9.84 Å². The van der Waals surface area contributed by atoms with E-state index in [-0.39, 0.29) is 11.7 Å². The van der Waals surface area contributed by atoms with E-state index in [1.165, 1.54) is 11.1 Å². The van der Waals surface area contributed by atoms with Gasteiger partial charge in [0.1, 0.15) is 18.1 Å². The monoisotopic (exact) mass is 387 g/mol. The second-order valence-corrected chi connectivity index (χ2v) is 7.36. The number of ether oxygens (including phenoxy) is 1. The molecule has 0 heterocycles. The van der Waals surface area contributed by atoms with Crippen molar-refractivity contribution in [3.63, 3.8) is 0 Å². The van der Waals surface area contributed by atoms with Crippen LogP contribution < -0.4 is 4.74 Å². The smallest absolute Gasteiger partial charge is 0.119 e. The van der Waals surface area contributed by atoms with Gasteiger partial charge in [0.25, 0.3) is 0 Å². The molecule has 1 atom stereocenters. The average Bonchev–Trinajstić information content (AvgIpc) is 2.73. The molecule has 0 saturated heterocycles. The Morgan fingerprint density at radius 1 is 0.931 bits per heavy atom. The van der Waals surface area contributed by atoms with Crippen molar-refractivity contribution in [1.29, 1.82) is 0 Å². The Morgan fingerprint density at radius 2 is 1.66 bits per heavy atom. The van der Waals surface area contributed by atoms with E-state index in [9.17, 15) is 5.11 Å². The standard InChI is InChI=1S/C26H29NO2/c1-4-25(20-9-6-5-7-10-20)26(22-11-8-12-23(28)19-22)21-13-15-24(16-14-21)29-18-17-27(2)3/h4-16,19,26,28H,17-18H2,1-3H3/b25-4+. The van der Waals surface area contributed by atoms with E-state index < -0.39 is 0 Å². The van der Waals surface area contributed by atoms with Gasteiger partial charge in [-0.05, 0) is 67.5 Å². The molecule has 0 spiro atoms. The molecule has 0 radical (unpaired) electrons. The lowest BCUT2D eigenvalue weighted by Crippen LogP contribution is -2.19. The summed E-state index contributed by atoms with van der Waals surface area (Å²) in [6.07, 6.45) is 2.16. The van der Waals surface area contributed by atoms with E-state index in [1.807, 2.05) is 44.4 Å². The maximum absolute atomic E-state index is 10.1. The first kappa shape index (κ1) is 20.7. The van der Waals surface area contributed by atoms with Gasteiger partial charge in [-0.1, -0.05) is 60.7 Å². The molecule has 0 amide bonds. The summed E-state index contributed by atoms with van der Waals surface area (Å²) in [6.45, 7) is 3.60. The maximum Gasteiger partial charge on any atom is 0.119 e. The predicted molar refractivity (Wildman–Crippen MR) is 121 cm³/mol. The normalized spacial score (nSPS) is 12.8. The number of rotatable bonds is 8. The second kappa shape index (κ2) is 9.94. The Labute approximate surface area is 173 Å². The zero-order chi connectivity index (χ0) is 20.6. The number of phenols is 1. The predicted octanol–water partition coefficient (Wildman–Crippen LogP) is 5.57. The zero-order valence-corrected chi connectivity index (χ0v) is 17.4. The van der Waals surface area contributed by atoms with Crippen LogP contribution in [-0.2, 0) is 0 Å². The molecule has 0 saturated carbocycles. The van der Waals surface area contributed by atoms with Gasteiger partial charge in [-0.15, -0.1) is 0 Å². The van der Waals surface area contributed by atoms with Gasteiger partial charge in [0.05, 0.1) is 0 Å². The number of hydrogen-bond donors (Lipinski definition) is 1. The quantitative estimate of drug-likeness (QED) is 0.549. The summed E-state index contributed by atoms with van der Waals surface area (Å²) >= 11 is 0. The number of phenolic OH excluding ortho intramolecular Hbond substituents is 1. The SMILES string of the molecule is C/C=C(\c1ccccc1)C(c1ccc(OCCN(C)C)cc1)c1cccc(O)c1. The summed E-state index contributed by atoms with van der Waals surface area (Å²) in [5.41, 5.74) is 4.60. The van der Waals surface area contributed by atoms with Crippen molar-refractivity contribution in [2.75, 3.05) is 27.2 Å². The molecular weight excluding hydrogens is 358 g/mol. The third-order valence-electron chi connectivity index (χ3n) is 4.95. The molecule has 1 N–H and O–H groups in total. The largest absolute Gasteiger partial charge is 0.508 e. The van der Waals surface area contributed by atoms with Crippen LogP contribution in [-0.4, -0.2) is 37.3 Å². The third kappa shape index (κ3) is 5.49. The highest BCUT2D eigenvalue weighted by molar-refractivity contribution is 5.75. The summed E-state index contributed by atoms with van der Waals surface area (Å²) in [4.78, 5) is 2.10. The Kier molecular flexibility index (Phi) is 7.09. The van der Waals surface area contributed by atoms with E-state index in [0.29, 0.717) is 6.61 Å². The van der Waals surface area contributed by atoms with E-state index in [4.69, 9.17) is 4.74 Å². The minimum atomic E-state index is 0.0188. The van der Waals surface area contributed by atoms with Crippen molar-refractivity contribution >= 4 is 5.57 Å². The Balaban J connectivity index is 1.95. The Hall–Kier alpha value is -3.04. The lowest BCUT2D eigenvalue weighted by atomic mass is 9.81. The van der Waals surface area contributed by atoms with Crippen LogP contribution in [0.15, 0.2) is 84.9 Å². The molecule has 3 aromatic carbocycles. The van der Waals surface area contributed by atoms with E-state index in [1.54, 1.807) is 6.07 Å². The fraction of sp³-hybridized carbons (Fsp3) is 0.231. The molecule has 29 heavy (non-hydrogen) atoms. The van der Waals surface area contributed by atoms with Gasteiger partial charge in [0, 0.05) is 12.5 Å². The average molecular weight is 388 g/mol. The summed E-state index contributed by atoms with van der Waals surface area (Å²) < 4.78 is 5.85. The minimum absolute atomic E-state index is 0.0188. The molecule has 0 bridgehead atoms. The lowest BCUT2D eigenvalue weighted by molar-refractivity contribution is 0.261. The molecule has 3 aromatic rings. The summed E-state index contributed by atoms with van der Waals surface area (Å²) in [5, 5.41) is 10.1. The number of nitrogens with zero attached hydrogens (tertiary/aromatic N) is 1. The van der Waals surface area contributed by atoms with Crippen molar-refractivity contribution in [2.45, 2.75) is 12.8 Å². The van der Waals surface area contributed by atoms with Crippen molar-refractivity contribution in [3.8, 4) is 11.5 Å². The van der Waals surface area contributed by atoms with Crippen LogP contribution in [0.2, 0.25) is 0 Å². The molecule has 1 unspecified atom stereocenters. The number of hydrogen-bond acceptors (Lipinski definition) is 3. The van der Waals surface area contributed by atoms with E-state index in [0.717, 1.165) is 23.4 Å². The fourth-order valence-corrected chi connectivity index (χ4v) is 3.49. The molecular formula is C26H29NO2. The number of likely N-dealkylation sites (N-methyl/N-ethyl adjacent to an activating group) is 1. The second-order valence-electron chi connectivity index (χ2n) is 7.36. The van der Waals surface area contributed by atoms with Gasteiger partial charge in [0.2, 0.25) is 0 Å². The Bertz CT molecular complexity index is 930. The third-order valence-corrected chi connectivity index (χ3v) is 4.95. The highest BCUT2D eigenvalue weighted by Crippen LogP contribution is 2.39. The molecule has 0 aliphatic heterocycles. The van der Waals surface area contributed by atoms with Crippen LogP contribution in [0.5, 0.6) is 11.5 Å². The van der Waals surface area contributed by atoms with Gasteiger partial charge in [0.15, 0.2) is 0 Å². The highest BCUT2D eigenvalue weighted by Gasteiger charge is 2.20. The summed E-state index contributed by atoms with van der Waals surface area (Å²) in [5.74, 6) is 1.16. The van der Waals surface area contributed by atoms with Gasteiger partial charge < -0.3 is 14.7 Å². The highest BCUT2D eigenvalue weighted by atomic mass is 16.5. The van der Waals surface area contributed by atoms with Crippen molar-refractivity contribution in [1.82, 2.24) is 4.90 Å². The first-order valence-electron chi connectivity index (χ1n) is 9.96. The van der Waals surface area contributed by atoms with Gasteiger partial charge in [-0.3, -0.25) is 0 Å². The maximum atomic E-state index is 10.1. The van der Waals surface area contributed by atoms with Crippen LogP contribution >= 0.6 is 0 Å². The van der Waals surface area contributed by atoms with Crippen LogP contribution in [0.25, 0.3) is 5.57 Å². The van der Waals surface area contributed by atoms with Crippen LogP contribution in [0.4, 0.5) is 0 Å². The number of benzene rings is 3. The molecule has 150 valence electrons. The molecule has 0 aliphatic rings. The molecule has 3 nitrogen and oxygen atoms in total. The van der Waals surface area contributed by atoms with Gasteiger partial charge in [-0.25, -0.2) is 0 Å². The Morgan fingerprint density at radius 3 is 2.28 bits per heavy atom. The van der Waals surface area contributed by atoms with Gasteiger partial charge in [-0.2, -0.15) is 0 Å². The zero-order valence-electron chi connectivity index (χ0n) is 17.4. The summed E-state index contributed by atoms with van der Waals surface area (Å²) in [7, 11) is 4.07. The number of allylic oxidation sites excluding steroid dienone is 2. The van der Waals surface area contributed by atoms with E-state index in [2.05, 4.69) is 60.4 Å². The van der Waals surface area contributed by atoms with Crippen molar-refractivity contribution in [2.24, 2.45) is 0 Å². The van der Waals surface area contributed by atoms with E-state index >= 15 is 0 Å². The minimum Gasteiger partial charge on any atom is -0.508 e. The molecule has 0 fully saturated rings. The van der Waals surface area contributed by atoms with Crippen LogP contribution in [0, 0.1) is 0 Å². The first-order chi connectivity index (χ1) is 14.1. The van der Waals surface area contributed by atoms with Crippen LogP contribution in [0.1, 0.15) is 29.5 Å². The van der Waals surface area contributed by atoms with Crippen LogP contribution in [0.3, 0.4) is 0 Å². The summed E-state index contributed by atoms with van der Waals surface area (Å²) in [6, 6.07) is 26.2. The van der Waals surface area contributed by atoms with Crippen molar-refractivity contribution in [3.05, 3.63) is 102 Å². The number of aromatic hydroxyl groups is 1. The molecule has 3 heteroatoms. The molecule has 3 rings (SSSR count). The first-order valence-corrected chi connectivity index (χ1v) is 9.96. The van der Waals surface area contributed by atoms with Gasteiger partial charge >= 0.3 is 0 Å².